The van der Waals surface area contributed by atoms with Gasteiger partial charge in [0.25, 0.3) is 0 Å². The average Bonchev–Trinajstić information content (AvgIpc) is 2.69. The van der Waals surface area contributed by atoms with E-state index in [-0.39, 0.29) is 17.6 Å². The summed E-state index contributed by atoms with van der Waals surface area (Å²) in [6, 6.07) is 12.1. The first kappa shape index (κ1) is 18.7. The van der Waals surface area contributed by atoms with E-state index in [1.54, 1.807) is 0 Å². The molecule has 4 rings (SSSR count). The molecule has 3 unspecified atom stereocenters. The standard InChI is InChI=1S/C24H26O4/c1-15-4-6-23-20(11-15)17(7-9-27-23)13-22(26)21(14-25)18-8-10-28-24-12-16(2)3-5-19(18)24/h3-6,11-12,14,17-18,21H,7-10,13H2,1-2H3. The van der Waals surface area contributed by atoms with Crippen LogP contribution in [0.4, 0.5) is 0 Å². The monoisotopic (exact) mass is 378 g/mol. The Morgan fingerprint density at radius 1 is 1.00 bits per heavy atom. The maximum atomic E-state index is 13.2. The molecule has 0 radical (unpaired) electrons. The van der Waals surface area contributed by atoms with Crippen molar-refractivity contribution in [3.05, 3.63) is 58.7 Å². The van der Waals surface area contributed by atoms with Gasteiger partial charge in [-0.2, -0.15) is 0 Å². The molecule has 0 aromatic heterocycles. The lowest BCUT2D eigenvalue weighted by Crippen LogP contribution is -2.30. The van der Waals surface area contributed by atoms with E-state index in [0.717, 1.165) is 46.5 Å². The fourth-order valence-corrected chi connectivity index (χ4v) is 4.47. The maximum Gasteiger partial charge on any atom is 0.144 e. The summed E-state index contributed by atoms with van der Waals surface area (Å²) in [6.45, 7) is 5.21. The summed E-state index contributed by atoms with van der Waals surface area (Å²) in [4.78, 5) is 25.2. The smallest absolute Gasteiger partial charge is 0.144 e. The second kappa shape index (κ2) is 7.78. The quantitative estimate of drug-likeness (QED) is 0.567. The molecule has 2 aromatic rings. The largest absolute Gasteiger partial charge is 0.493 e. The van der Waals surface area contributed by atoms with Crippen molar-refractivity contribution in [1.82, 2.24) is 0 Å². The molecule has 0 fully saturated rings. The number of carbonyl (C=O) groups excluding carboxylic acids is 2. The van der Waals surface area contributed by atoms with Gasteiger partial charge in [0, 0.05) is 12.3 Å². The van der Waals surface area contributed by atoms with E-state index in [4.69, 9.17) is 9.47 Å². The van der Waals surface area contributed by atoms with Crippen molar-refractivity contribution >= 4 is 12.1 Å². The number of carbonyl (C=O) groups is 2. The number of fused-ring (bicyclic) bond motifs is 2. The van der Waals surface area contributed by atoms with Gasteiger partial charge in [-0.05, 0) is 61.4 Å². The maximum absolute atomic E-state index is 13.2. The molecule has 146 valence electrons. The Balaban J connectivity index is 1.57. The van der Waals surface area contributed by atoms with Gasteiger partial charge in [-0.1, -0.05) is 29.8 Å². The molecule has 4 nitrogen and oxygen atoms in total. The van der Waals surface area contributed by atoms with E-state index in [9.17, 15) is 9.59 Å². The third-order valence-corrected chi connectivity index (χ3v) is 5.98. The molecule has 0 saturated heterocycles. The number of hydrogen-bond donors (Lipinski definition) is 0. The van der Waals surface area contributed by atoms with Gasteiger partial charge in [0.15, 0.2) is 0 Å². The number of aldehydes is 1. The Hall–Kier alpha value is -2.62. The molecule has 3 atom stereocenters. The average molecular weight is 378 g/mol. The van der Waals surface area contributed by atoms with Crippen LogP contribution in [-0.4, -0.2) is 25.3 Å². The Kier molecular flexibility index (Phi) is 5.21. The zero-order valence-corrected chi connectivity index (χ0v) is 16.4. The summed E-state index contributed by atoms with van der Waals surface area (Å²) in [5.41, 5.74) is 4.34. The zero-order chi connectivity index (χ0) is 19.7. The molecule has 2 aliphatic heterocycles. The number of aryl methyl sites for hydroxylation is 2. The highest BCUT2D eigenvalue weighted by atomic mass is 16.5. The van der Waals surface area contributed by atoms with Gasteiger partial charge in [0.05, 0.1) is 19.1 Å². The summed E-state index contributed by atoms with van der Waals surface area (Å²) in [5.74, 6) is 1.07. The molecule has 2 aromatic carbocycles. The van der Waals surface area contributed by atoms with Crippen LogP contribution in [0.25, 0.3) is 0 Å². The number of rotatable bonds is 5. The van der Waals surface area contributed by atoms with Crippen LogP contribution in [0.1, 0.15) is 53.4 Å². The fourth-order valence-electron chi connectivity index (χ4n) is 4.47. The lowest BCUT2D eigenvalue weighted by molar-refractivity contribution is -0.128. The van der Waals surface area contributed by atoms with Crippen molar-refractivity contribution in [2.24, 2.45) is 5.92 Å². The summed E-state index contributed by atoms with van der Waals surface area (Å²) >= 11 is 0. The topological polar surface area (TPSA) is 52.6 Å². The molecular weight excluding hydrogens is 352 g/mol. The molecule has 0 spiro atoms. The normalized spacial score (nSPS) is 21.5. The Morgan fingerprint density at radius 3 is 2.54 bits per heavy atom. The van der Waals surface area contributed by atoms with Crippen LogP contribution < -0.4 is 9.47 Å². The zero-order valence-electron chi connectivity index (χ0n) is 16.4. The second-order valence-electron chi connectivity index (χ2n) is 7.99. The van der Waals surface area contributed by atoms with Crippen LogP contribution in [0, 0.1) is 19.8 Å². The first-order valence-corrected chi connectivity index (χ1v) is 10.0. The van der Waals surface area contributed by atoms with Crippen LogP contribution in [0.2, 0.25) is 0 Å². The van der Waals surface area contributed by atoms with Crippen LogP contribution in [0.3, 0.4) is 0 Å². The molecule has 28 heavy (non-hydrogen) atoms. The molecule has 2 aliphatic rings. The van der Waals surface area contributed by atoms with Gasteiger partial charge >= 0.3 is 0 Å². The lowest BCUT2D eigenvalue weighted by atomic mass is 9.77. The van der Waals surface area contributed by atoms with Crippen molar-refractivity contribution in [3.8, 4) is 11.5 Å². The number of Topliss-reactive ketones (excluding diaryl/α,β-unsaturated/α-hetero) is 1. The predicted molar refractivity (Wildman–Crippen MR) is 107 cm³/mol. The molecule has 2 heterocycles. The number of ketones is 1. The third kappa shape index (κ3) is 3.56. The highest BCUT2D eigenvalue weighted by molar-refractivity contribution is 5.95. The van der Waals surface area contributed by atoms with E-state index >= 15 is 0 Å². The molecular formula is C24H26O4. The lowest BCUT2D eigenvalue weighted by Gasteiger charge is -2.31. The second-order valence-corrected chi connectivity index (χ2v) is 7.99. The van der Waals surface area contributed by atoms with Crippen molar-refractivity contribution in [1.29, 1.82) is 0 Å². The van der Waals surface area contributed by atoms with Gasteiger partial charge in [-0.25, -0.2) is 0 Å². The van der Waals surface area contributed by atoms with E-state index in [1.807, 2.05) is 44.2 Å². The molecule has 0 N–H and O–H groups in total. The van der Waals surface area contributed by atoms with Crippen LogP contribution >= 0.6 is 0 Å². The number of benzene rings is 2. The fraction of sp³-hybridized carbons (Fsp3) is 0.417. The van der Waals surface area contributed by atoms with Gasteiger partial charge < -0.3 is 14.3 Å². The summed E-state index contributed by atoms with van der Waals surface area (Å²) in [7, 11) is 0. The molecule has 4 heteroatoms. The third-order valence-electron chi connectivity index (χ3n) is 5.98. The van der Waals surface area contributed by atoms with Gasteiger partial charge in [-0.15, -0.1) is 0 Å². The summed E-state index contributed by atoms with van der Waals surface area (Å²) < 4.78 is 11.5. The molecule has 0 amide bonds. The van der Waals surface area contributed by atoms with Crippen molar-refractivity contribution in [2.45, 2.75) is 44.9 Å². The van der Waals surface area contributed by atoms with Gasteiger partial charge in [0.1, 0.15) is 23.6 Å². The minimum atomic E-state index is -0.624. The number of hydrogen-bond acceptors (Lipinski definition) is 4. The van der Waals surface area contributed by atoms with Crippen molar-refractivity contribution in [2.75, 3.05) is 13.2 Å². The Morgan fingerprint density at radius 2 is 1.71 bits per heavy atom. The van der Waals surface area contributed by atoms with Crippen molar-refractivity contribution in [3.63, 3.8) is 0 Å². The Bertz CT molecular complexity index is 901. The highest BCUT2D eigenvalue weighted by Crippen LogP contribution is 2.41. The van der Waals surface area contributed by atoms with E-state index in [0.29, 0.717) is 26.1 Å². The summed E-state index contributed by atoms with van der Waals surface area (Å²) in [6.07, 6.45) is 2.71. The first-order valence-electron chi connectivity index (χ1n) is 10.0. The van der Waals surface area contributed by atoms with Crippen LogP contribution in [-0.2, 0) is 9.59 Å². The van der Waals surface area contributed by atoms with E-state index in [1.165, 1.54) is 0 Å². The molecule has 0 aliphatic carbocycles. The molecule has 0 saturated carbocycles. The van der Waals surface area contributed by atoms with Gasteiger partial charge in [-0.3, -0.25) is 4.79 Å². The van der Waals surface area contributed by atoms with E-state index < -0.39 is 5.92 Å². The minimum absolute atomic E-state index is 0.0211. The minimum Gasteiger partial charge on any atom is -0.493 e. The Labute approximate surface area is 165 Å². The predicted octanol–water partition coefficient (Wildman–Crippen LogP) is 4.51. The van der Waals surface area contributed by atoms with Crippen LogP contribution in [0.15, 0.2) is 36.4 Å². The summed E-state index contributed by atoms with van der Waals surface area (Å²) in [5, 5.41) is 0. The van der Waals surface area contributed by atoms with Crippen LogP contribution in [0.5, 0.6) is 11.5 Å². The molecule has 0 bridgehead atoms. The van der Waals surface area contributed by atoms with Gasteiger partial charge in [0.2, 0.25) is 0 Å². The van der Waals surface area contributed by atoms with Crippen molar-refractivity contribution < 1.29 is 19.1 Å². The highest BCUT2D eigenvalue weighted by Gasteiger charge is 2.35. The first-order chi connectivity index (χ1) is 13.6. The SMILES string of the molecule is Cc1ccc2c(c1)OCCC2C(C=O)C(=O)CC1CCOc2ccc(C)cc21. The number of ether oxygens (including phenoxy) is 2. The van der Waals surface area contributed by atoms with E-state index in [2.05, 4.69) is 6.07 Å².